The van der Waals surface area contributed by atoms with Gasteiger partial charge in [0.05, 0.1) is 5.69 Å². The van der Waals surface area contributed by atoms with Crippen LogP contribution in [0.5, 0.6) is 11.6 Å². The molecular weight excluding hydrogens is 384 g/mol. The zero-order chi connectivity index (χ0) is 20.4. The third-order valence-electron chi connectivity index (χ3n) is 4.47. The lowest BCUT2D eigenvalue weighted by Gasteiger charge is -2.11. The summed E-state index contributed by atoms with van der Waals surface area (Å²) in [6.07, 6.45) is 2.48. The number of hydrogen-bond acceptors (Lipinski definition) is 7. The monoisotopic (exact) mass is 402 g/mol. The lowest BCUT2D eigenvalue weighted by Crippen LogP contribution is -2.07. The van der Waals surface area contributed by atoms with E-state index in [0.29, 0.717) is 40.3 Å². The third kappa shape index (κ3) is 3.48. The van der Waals surface area contributed by atoms with E-state index in [9.17, 15) is 5.26 Å². The number of benzene rings is 2. The minimum absolute atomic E-state index is 0.256. The normalized spacial score (nSPS) is 10.8. The number of nitrogen functional groups attached to an aromatic ring is 1. The molecule has 29 heavy (non-hydrogen) atoms. The Kier molecular flexibility index (Phi) is 5.06. The van der Waals surface area contributed by atoms with Gasteiger partial charge < -0.3 is 10.5 Å². The predicted molar refractivity (Wildman–Crippen MR) is 113 cm³/mol. The second-order valence-electron chi connectivity index (χ2n) is 6.21. The average molecular weight is 402 g/mol. The molecule has 0 atom stereocenters. The number of aromatic nitrogens is 4. The molecular formula is C21H18N6OS. The molecule has 0 saturated heterocycles. The minimum Gasteiger partial charge on any atom is -0.438 e. The maximum absolute atomic E-state index is 9.40. The van der Waals surface area contributed by atoms with Gasteiger partial charge in [0.25, 0.3) is 0 Å². The summed E-state index contributed by atoms with van der Waals surface area (Å²) in [5, 5.41) is 16.4. The average Bonchev–Trinajstić information content (AvgIpc) is 3.09. The van der Waals surface area contributed by atoms with Crippen LogP contribution in [0.4, 0.5) is 5.82 Å². The molecule has 0 bridgehead atoms. The van der Waals surface area contributed by atoms with Crippen LogP contribution in [-0.2, 0) is 6.42 Å². The molecule has 0 saturated carbocycles. The van der Waals surface area contributed by atoms with Crippen molar-refractivity contribution < 1.29 is 4.74 Å². The zero-order valence-corrected chi connectivity index (χ0v) is 16.8. The smallest absolute Gasteiger partial charge is 0.225 e. The first-order chi connectivity index (χ1) is 14.1. The van der Waals surface area contributed by atoms with Crippen LogP contribution in [-0.4, -0.2) is 26.0 Å². The maximum atomic E-state index is 9.40. The number of thioether (sulfide) groups is 1. The number of nitrogens with zero attached hydrogens (tertiary/aromatic N) is 5. The zero-order valence-electron chi connectivity index (χ0n) is 16.0. The van der Waals surface area contributed by atoms with Crippen LogP contribution < -0.4 is 10.5 Å². The summed E-state index contributed by atoms with van der Waals surface area (Å²) < 4.78 is 7.58. The fraction of sp³-hybridized carbons (Fsp3) is 0.143. The van der Waals surface area contributed by atoms with Gasteiger partial charge >= 0.3 is 0 Å². The summed E-state index contributed by atoms with van der Waals surface area (Å²) in [5.74, 6) is 1.78. The quantitative estimate of drug-likeness (QED) is 0.391. The van der Waals surface area contributed by atoms with Gasteiger partial charge in [-0.05, 0) is 24.1 Å². The van der Waals surface area contributed by atoms with E-state index >= 15 is 0 Å². The molecule has 0 aliphatic carbocycles. The second-order valence-corrected chi connectivity index (χ2v) is 6.99. The number of fused-ring (bicyclic) bond motifs is 1. The second kappa shape index (κ2) is 7.81. The molecule has 2 heterocycles. The first kappa shape index (κ1) is 18.8. The molecule has 0 unspecified atom stereocenters. The summed E-state index contributed by atoms with van der Waals surface area (Å²) in [5.41, 5.74) is 7.16. The highest BCUT2D eigenvalue weighted by molar-refractivity contribution is 7.98. The van der Waals surface area contributed by atoms with E-state index in [0.717, 1.165) is 10.8 Å². The third-order valence-corrected chi connectivity index (χ3v) is 5.02. The van der Waals surface area contributed by atoms with Gasteiger partial charge in [-0.3, -0.25) is 0 Å². The summed E-state index contributed by atoms with van der Waals surface area (Å²) in [7, 11) is 0. The topological polar surface area (TPSA) is 103 Å². The Morgan fingerprint density at radius 1 is 1.17 bits per heavy atom. The summed E-state index contributed by atoms with van der Waals surface area (Å²) >= 11 is 1.39. The van der Waals surface area contributed by atoms with Crippen LogP contribution >= 0.6 is 11.8 Å². The van der Waals surface area contributed by atoms with Gasteiger partial charge in [0.15, 0.2) is 11.0 Å². The largest absolute Gasteiger partial charge is 0.438 e. The molecule has 0 amide bonds. The number of ether oxygens (including phenoxy) is 1. The van der Waals surface area contributed by atoms with E-state index in [2.05, 4.69) is 21.1 Å². The predicted octanol–water partition coefficient (Wildman–Crippen LogP) is 4.35. The van der Waals surface area contributed by atoms with E-state index < -0.39 is 0 Å². The standard InChI is InChI=1S/C21H18N6OS/c1-3-16-15(12-22)20(23)27(26-16)18-11-19(25-21(24-18)29-2)28-17-10-6-8-13-7-4-5-9-14(13)17/h4-11H,3,23H2,1-2H3. The number of nitriles is 1. The molecule has 0 aliphatic heterocycles. The Bertz CT molecular complexity index is 1240. The van der Waals surface area contributed by atoms with Gasteiger partial charge in [0.2, 0.25) is 5.88 Å². The van der Waals surface area contributed by atoms with Crippen LogP contribution in [0, 0.1) is 11.3 Å². The minimum atomic E-state index is 0.256. The lowest BCUT2D eigenvalue weighted by molar-refractivity contribution is 0.459. The van der Waals surface area contributed by atoms with E-state index in [-0.39, 0.29) is 5.82 Å². The molecule has 2 N–H and O–H groups in total. The van der Waals surface area contributed by atoms with E-state index in [4.69, 9.17) is 10.5 Å². The highest BCUT2D eigenvalue weighted by Gasteiger charge is 2.18. The molecule has 0 aliphatic rings. The van der Waals surface area contributed by atoms with Crippen molar-refractivity contribution in [2.75, 3.05) is 12.0 Å². The van der Waals surface area contributed by atoms with Crippen molar-refractivity contribution in [3.05, 3.63) is 59.8 Å². The molecule has 7 nitrogen and oxygen atoms in total. The van der Waals surface area contributed by atoms with Crippen LogP contribution in [0.3, 0.4) is 0 Å². The van der Waals surface area contributed by atoms with Crippen molar-refractivity contribution in [2.45, 2.75) is 18.5 Å². The number of hydrogen-bond donors (Lipinski definition) is 1. The maximum Gasteiger partial charge on any atom is 0.225 e. The fourth-order valence-corrected chi connectivity index (χ4v) is 3.43. The van der Waals surface area contributed by atoms with Gasteiger partial charge in [0.1, 0.15) is 23.2 Å². The van der Waals surface area contributed by atoms with Crippen molar-refractivity contribution in [1.29, 1.82) is 5.26 Å². The van der Waals surface area contributed by atoms with E-state index in [1.165, 1.54) is 16.4 Å². The molecule has 0 spiro atoms. The highest BCUT2D eigenvalue weighted by Crippen LogP contribution is 2.31. The van der Waals surface area contributed by atoms with Crippen molar-refractivity contribution in [2.24, 2.45) is 0 Å². The first-order valence-electron chi connectivity index (χ1n) is 9.01. The van der Waals surface area contributed by atoms with Gasteiger partial charge in [0, 0.05) is 11.5 Å². The van der Waals surface area contributed by atoms with Gasteiger partial charge in [-0.2, -0.15) is 20.0 Å². The molecule has 8 heteroatoms. The first-order valence-corrected chi connectivity index (χ1v) is 10.2. The van der Waals surface area contributed by atoms with Crippen LogP contribution in [0.2, 0.25) is 0 Å². The van der Waals surface area contributed by atoms with Crippen molar-refractivity contribution >= 4 is 28.4 Å². The lowest BCUT2D eigenvalue weighted by atomic mass is 10.1. The Morgan fingerprint density at radius 3 is 2.69 bits per heavy atom. The fourth-order valence-electron chi connectivity index (χ4n) is 3.06. The number of nitrogens with two attached hydrogens (primary N) is 1. The Balaban J connectivity index is 1.81. The molecule has 0 radical (unpaired) electrons. The van der Waals surface area contributed by atoms with Gasteiger partial charge in [-0.1, -0.05) is 55.1 Å². The Labute approximate surface area is 172 Å². The molecule has 4 rings (SSSR count). The summed E-state index contributed by atoms with van der Waals surface area (Å²) in [6, 6.07) is 17.6. The molecule has 0 fully saturated rings. The molecule has 2 aromatic carbocycles. The van der Waals surface area contributed by atoms with Crippen LogP contribution in [0.1, 0.15) is 18.2 Å². The van der Waals surface area contributed by atoms with Crippen molar-refractivity contribution in [3.8, 4) is 23.5 Å². The number of aryl methyl sites for hydroxylation is 1. The molecule has 2 aromatic heterocycles. The summed E-state index contributed by atoms with van der Waals surface area (Å²) in [4.78, 5) is 8.95. The van der Waals surface area contributed by atoms with Gasteiger partial charge in [-0.15, -0.1) is 0 Å². The molecule has 4 aromatic rings. The van der Waals surface area contributed by atoms with E-state index in [1.54, 1.807) is 6.07 Å². The van der Waals surface area contributed by atoms with Crippen molar-refractivity contribution in [1.82, 2.24) is 19.7 Å². The van der Waals surface area contributed by atoms with Crippen LogP contribution in [0.25, 0.3) is 16.6 Å². The van der Waals surface area contributed by atoms with E-state index in [1.807, 2.05) is 55.6 Å². The molecule has 144 valence electrons. The number of rotatable bonds is 5. The van der Waals surface area contributed by atoms with Crippen LogP contribution in [0.15, 0.2) is 53.7 Å². The highest BCUT2D eigenvalue weighted by atomic mass is 32.2. The van der Waals surface area contributed by atoms with Gasteiger partial charge in [-0.25, -0.2) is 4.98 Å². The SMILES string of the molecule is CCc1nn(-c2cc(Oc3cccc4ccccc34)nc(SC)n2)c(N)c1C#N. The Morgan fingerprint density at radius 2 is 1.97 bits per heavy atom. The summed E-state index contributed by atoms with van der Waals surface area (Å²) in [6.45, 7) is 1.93. The van der Waals surface area contributed by atoms with Crippen molar-refractivity contribution in [3.63, 3.8) is 0 Å². The number of anilines is 1. The Hall–Kier alpha value is -3.57.